The van der Waals surface area contributed by atoms with E-state index in [0.29, 0.717) is 28.2 Å². The summed E-state index contributed by atoms with van der Waals surface area (Å²) in [6.07, 6.45) is 0.301. The molecular formula is C24H20N4O4. The predicted octanol–water partition coefficient (Wildman–Crippen LogP) is 3.35. The van der Waals surface area contributed by atoms with Crippen molar-refractivity contribution in [3.05, 3.63) is 90.0 Å². The third-order valence-electron chi connectivity index (χ3n) is 4.90. The van der Waals surface area contributed by atoms with Crippen molar-refractivity contribution in [2.75, 3.05) is 15.6 Å². The second kappa shape index (κ2) is 9.13. The van der Waals surface area contributed by atoms with Crippen LogP contribution in [0.15, 0.2) is 78.9 Å². The highest BCUT2D eigenvalue weighted by Crippen LogP contribution is 2.23. The fourth-order valence-electron chi connectivity index (χ4n) is 3.23. The van der Waals surface area contributed by atoms with Gasteiger partial charge in [-0.15, -0.1) is 0 Å². The van der Waals surface area contributed by atoms with E-state index in [2.05, 4.69) is 16.1 Å². The minimum absolute atomic E-state index is 0.138. The number of amides is 4. The number of hydrazine groups is 1. The normalized spacial score (nSPS) is 13.3. The molecule has 0 spiro atoms. The summed E-state index contributed by atoms with van der Waals surface area (Å²) in [5.41, 5.74) is 4.75. The summed E-state index contributed by atoms with van der Waals surface area (Å²) in [6.45, 7) is 0. The first-order valence-electron chi connectivity index (χ1n) is 10.0. The Labute approximate surface area is 184 Å². The zero-order valence-electron chi connectivity index (χ0n) is 17.0. The van der Waals surface area contributed by atoms with Crippen molar-refractivity contribution in [3.63, 3.8) is 0 Å². The van der Waals surface area contributed by atoms with E-state index in [1.54, 1.807) is 72.8 Å². The Bertz CT molecular complexity index is 1180. The van der Waals surface area contributed by atoms with Crippen LogP contribution in [0.1, 0.15) is 33.6 Å². The van der Waals surface area contributed by atoms with Crippen LogP contribution < -0.4 is 21.1 Å². The quantitative estimate of drug-likeness (QED) is 0.579. The fourth-order valence-corrected chi connectivity index (χ4v) is 3.23. The van der Waals surface area contributed by atoms with E-state index in [1.165, 1.54) is 5.01 Å². The van der Waals surface area contributed by atoms with Crippen molar-refractivity contribution in [1.82, 2.24) is 5.43 Å². The van der Waals surface area contributed by atoms with Crippen molar-refractivity contribution in [1.29, 1.82) is 0 Å². The summed E-state index contributed by atoms with van der Waals surface area (Å²) < 4.78 is 0. The highest BCUT2D eigenvalue weighted by Gasteiger charge is 2.24. The smallest absolute Gasteiger partial charge is 0.255 e. The van der Waals surface area contributed by atoms with Gasteiger partial charge in [-0.3, -0.25) is 24.6 Å². The molecule has 160 valence electrons. The van der Waals surface area contributed by atoms with E-state index in [-0.39, 0.29) is 36.5 Å². The Hall–Kier alpha value is -4.46. The van der Waals surface area contributed by atoms with Crippen LogP contribution in [-0.4, -0.2) is 23.6 Å². The lowest BCUT2D eigenvalue weighted by Gasteiger charge is -2.27. The number of benzene rings is 3. The molecule has 4 rings (SSSR count). The second-order valence-corrected chi connectivity index (χ2v) is 7.13. The fraction of sp³-hybridized carbons (Fsp3) is 0.0833. The molecule has 32 heavy (non-hydrogen) atoms. The molecule has 3 N–H and O–H groups in total. The lowest BCUT2D eigenvalue weighted by Crippen LogP contribution is -2.50. The van der Waals surface area contributed by atoms with Crippen LogP contribution in [0.5, 0.6) is 0 Å². The van der Waals surface area contributed by atoms with Crippen LogP contribution in [0, 0.1) is 0 Å². The van der Waals surface area contributed by atoms with Crippen molar-refractivity contribution in [2.45, 2.75) is 12.8 Å². The summed E-state index contributed by atoms with van der Waals surface area (Å²) in [4.78, 5) is 48.8. The number of anilines is 3. The number of hydrogen-bond acceptors (Lipinski definition) is 4. The topological polar surface area (TPSA) is 108 Å². The van der Waals surface area contributed by atoms with E-state index in [4.69, 9.17) is 0 Å². The van der Waals surface area contributed by atoms with E-state index >= 15 is 0 Å². The second-order valence-electron chi connectivity index (χ2n) is 7.13. The van der Waals surface area contributed by atoms with Gasteiger partial charge in [-0.25, -0.2) is 5.01 Å². The molecule has 8 nitrogen and oxygen atoms in total. The van der Waals surface area contributed by atoms with Crippen LogP contribution >= 0.6 is 0 Å². The van der Waals surface area contributed by atoms with Gasteiger partial charge in [0, 0.05) is 24.0 Å². The van der Waals surface area contributed by atoms with Crippen LogP contribution in [0.3, 0.4) is 0 Å². The summed E-state index contributed by atoms with van der Waals surface area (Å²) >= 11 is 0. The van der Waals surface area contributed by atoms with E-state index in [0.717, 1.165) is 0 Å². The first kappa shape index (κ1) is 20.8. The van der Waals surface area contributed by atoms with Gasteiger partial charge in [-0.1, -0.05) is 30.3 Å². The van der Waals surface area contributed by atoms with Gasteiger partial charge in [0.2, 0.25) is 11.8 Å². The Morgan fingerprint density at radius 1 is 0.688 bits per heavy atom. The number of para-hydroxylation sites is 2. The molecule has 0 unspecified atom stereocenters. The largest absolute Gasteiger partial charge is 0.320 e. The summed E-state index contributed by atoms with van der Waals surface area (Å²) in [5.74, 6) is -1.12. The van der Waals surface area contributed by atoms with Gasteiger partial charge in [0.05, 0.1) is 17.1 Å². The highest BCUT2D eigenvalue weighted by molar-refractivity contribution is 6.10. The summed E-state index contributed by atoms with van der Waals surface area (Å²) in [6, 6.07) is 22.0. The number of rotatable bonds is 5. The van der Waals surface area contributed by atoms with Crippen molar-refractivity contribution >= 4 is 40.7 Å². The molecule has 0 radical (unpaired) electrons. The lowest BCUT2D eigenvalue weighted by atomic mass is 10.1. The number of carbonyl (C=O) groups is 4. The summed E-state index contributed by atoms with van der Waals surface area (Å²) in [7, 11) is 0. The van der Waals surface area contributed by atoms with Crippen molar-refractivity contribution in [3.8, 4) is 0 Å². The monoisotopic (exact) mass is 428 g/mol. The predicted molar refractivity (Wildman–Crippen MR) is 120 cm³/mol. The number of carbonyl (C=O) groups excluding carboxylic acids is 4. The Morgan fingerprint density at radius 3 is 1.81 bits per heavy atom. The van der Waals surface area contributed by atoms with Gasteiger partial charge >= 0.3 is 0 Å². The average Bonchev–Trinajstić information content (AvgIpc) is 2.82. The molecule has 4 amide bonds. The molecule has 0 aromatic heterocycles. The average molecular weight is 428 g/mol. The number of nitrogens with zero attached hydrogens (tertiary/aromatic N) is 1. The van der Waals surface area contributed by atoms with Gasteiger partial charge in [-0.2, -0.15) is 0 Å². The highest BCUT2D eigenvalue weighted by atomic mass is 16.2. The van der Waals surface area contributed by atoms with Crippen molar-refractivity contribution in [2.24, 2.45) is 0 Å². The van der Waals surface area contributed by atoms with Crippen LogP contribution in [0.4, 0.5) is 17.1 Å². The van der Waals surface area contributed by atoms with Crippen molar-refractivity contribution < 1.29 is 19.2 Å². The Morgan fingerprint density at radius 2 is 1.22 bits per heavy atom. The van der Waals surface area contributed by atoms with Crippen LogP contribution in [0.25, 0.3) is 0 Å². The molecule has 3 aromatic carbocycles. The maximum absolute atomic E-state index is 12.8. The number of nitrogens with one attached hydrogen (secondary N) is 3. The minimum atomic E-state index is -0.382. The molecule has 1 saturated heterocycles. The third kappa shape index (κ3) is 4.65. The molecule has 0 bridgehead atoms. The third-order valence-corrected chi connectivity index (χ3v) is 4.90. The Kier molecular flexibility index (Phi) is 5.94. The van der Waals surface area contributed by atoms with E-state index in [1.807, 2.05) is 6.07 Å². The molecule has 1 aliphatic heterocycles. The van der Waals surface area contributed by atoms with Gasteiger partial charge in [0.1, 0.15) is 0 Å². The molecule has 1 fully saturated rings. The summed E-state index contributed by atoms with van der Waals surface area (Å²) in [5, 5.41) is 6.78. The zero-order chi connectivity index (χ0) is 22.5. The van der Waals surface area contributed by atoms with Gasteiger partial charge in [0.15, 0.2) is 0 Å². The van der Waals surface area contributed by atoms with Crippen LogP contribution in [-0.2, 0) is 9.59 Å². The molecule has 0 aliphatic carbocycles. The lowest BCUT2D eigenvalue weighted by molar-refractivity contribution is -0.130. The Balaban J connectivity index is 1.47. The molecular weight excluding hydrogens is 408 g/mol. The minimum Gasteiger partial charge on any atom is -0.320 e. The zero-order valence-corrected chi connectivity index (χ0v) is 17.0. The molecule has 8 heteroatoms. The molecule has 1 aliphatic rings. The van der Waals surface area contributed by atoms with Crippen LogP contribution in [0.2, 0.25) is 0 Å². The van der Waals surface area contributed by atoms with Gasteiger partial charge < -0.3 is 10.6 Å². The molecule has 0 atom stereocenters. The molecule has 1 heterocycles. The van der Waals surface area contributed by atoms with Gasteiger partial charge in [-0.05, 0) is 48.5 Å². The number of hydrogen-bond donors (Lipinski definition) is 3. The maximum Gasteiger partial charge on any atom is 0.255 e. The van der Waals surface area contributed by atoms with E-state index < -0.39 is 0 Å². The van der Waals surface area contributed by atoms with Gasteiger partial charge in [0.25, 0.3) is 11.8 Å². The first-order valence-corrected chi connectivity index (χ1v) is 10.0. The SMILES string of the molecule is O=C1CCC(=O)N(c2ccc(C(=O)Nc3ccccc3NC(=O)c3ccccc3)cc2)N1. The molecule has 3 aromatic rings. The molecule has 0 saturated carbocycles. The van der Waals surface area contributed by atoms with E-state index in [9.17, 15) is 19.2 Å². The standard InChI is InChI=1S/C24H20N4O4/c29-21-14-15-22(30)28(27-21)18-12-10-17(11-13-18)24(32)26-20-9-5-4-8-19(20)25-23(31)16-6-2-1-3-7-16/h1-13H,14-15H2,(H,25,31)(H,26,32)(H,27,29). The first-order chi connectivity index (χ1) is 15.5. The maximum atomic E-state index is 12.8.